The summed E-state index contributed by atoms with van der Waals surface area (Å²) in [6.45, 7) is 1.62. The number of benzene rings is 1. The summed E-state index contributed by atoms with van der Waals surface area (Å²) in [7, 11) is 7.65. The van der Waals surface area contributed by atoms with Gasteiger partial charge >= 0.3 is 5.69 Å². The molecule has 5 rings (SSSR count). The van der Waals surface area contributed by atoms with Gasteiger partial charge in [-0.3, -0.25) is 14.1 Å². The van der Waals surface area contributed by atoms with Crippen molar-refractivity contribution in [2.75, 3.05) is 34.4 Å². The molecule has 4 aromatic rings. The van der Waals surface area contributed by atoms with Crippen molar-refractivity contribution >= 4 is 21.9 Å². The molecule has 8 nitrogen and oxygen atoms in total. The number of ether oxygens (including phenoxy) is 2. The Labute approximate surface area is 198 Å². The quantitative estimate of drug-likeness (QED) is 0.373. The maximum Gasteiger partial charge on any atom is 0.329 e. The third-order valence-corrected chi connectivity index (χ3v) is 6.75. The van der Waals surface area contributed by atoms with Crippen LogP contribution in [0.3, 0.4) is 0 Å². The van der Waals surface area contributed by atoms with Crippen LogP contribution in [0.1, 0.15) is 25.3 Å². The zero-order chi connectivity index (χ0) is 23.8. The average molecular weight is 462 g/mol. The Morgan fingerprint density at radius 2 is 1.88 bits per heavy atom. The van der Waals surface area contributed by atoms with Gasteiger partial charge in [-0.15, -0.1) is 0 Å². The highest BCUT2D eigenvalue weighted by Crippen LogP contribution is 2.37. The van der Waals surface area contributed by atoms with Gasteiger partial charge in [-0.25, -0.2) is 9.78 Å². The van der Waals surface area contributed by atoms with Crippen LogP contribution >= 0.6 is 0 Å². The first kappa shape index (κ1) is 22.6. The second kappa shape index (κ2) is 9.19. The molecule has 34 heavy (non-hydrogen) atoms. The molecule has 3 aromatic heterocycles. The number of imidazole rings is 1. The Kier molecular flexibility index (Phi) is 6.10. The number of rotatable bonds is 8. The zero-order valence-electron chi connectivity index (χ0n) is 20.2. The fourth-order valence-corrected chi connectivity index (χ4v) is 4.68. The lowest BCUT2D eigenvalue weighted by Gasteiger charge is -2.34. The number of methoxy groups -OCH3 is 1. The number of aromatic nitrogens is 4. The normalized spacial score (nSPS) is 18.0. The van der Waals surface area contributed by atoms with E-state index in [2.05, 4.69) is 35.0 Å². The lowest BCUT2D eigenvalue weighted by molar-refractivity contribution is 0.00635. The van der Waals surface area contributed by atoms with Gasteiger partial charge < -0.3 is 14.4 Å². The lowest BCUT2D eigenvalue weighted by atomic mass is 9.89. The molecule has 0 radical (unpaired) electrons. The van der Waals surface area contributed by atoms with Gasteiger partial charge in [0.15, 0.2) is 0 Å². The molecular weight excluding hydrogens is 430 g/mol. The molecule has 1 aromatic carbocycles. The molecule has 0 spiro atoms. The molecule has 0 bridgehead atoms. The Hall–Kier alpha value is -3.23. The van der Waals surface area contributed by atoms with Crippen molar-refractivity contribution in [1.29, 1.82) is 0 Å². The Morgan fingerprint density at radius 1 is 1.09 bits per heavy atom. The molecule has 0 unspecified atom stereocenters. The predicted octanol–water partition coefficient (Wildman–Crippen LogP) is 3.63. The van der Waals surface area contributed by atoms with Crippen LogP contribution in [0.25, 0.3) is 33.1 Å². The monoisotopic (exact) mass is 461 g/mol. The summed E-state index contributed by atoms with van der Waals surface area (Å²) in [5, 5.41) is 0.970. The number of hydrogen-bond donors (Lipinski definition) is 0. The second-order valence-electron chi connectivity index (χ2n) is 9.31. The number of aryl methyl sites for hydroxylation is 1. The molecule has 0 N–H and O–H groups in total. The highest BCUT2D eigenvalue weighted by atomic mass is 16.5. The molecule has 1 aliphatic carbocycles. The highest BCUT2D eigenvalue weighted by Gasteiger charge is 2.33. The van der Waals surface area contributed by atoms with Crippen LogP contribution in [-0.2, 0) is 11.8 Å². The third kappa shape index (κ3) is 4.08. The Morgan fingerprint density at radius 3 is 2.59 bits per heavy atom. The summed E-state index contributed by atoms with van der Waals surface area (Å²) >= 11 is 0. The van der Waals surface area contributed by atoms with Crippen molar-refractivity contribution in [3.05, 3.63) is 53.2 Å². The van der Waals surface area contributed by atoms with E-state index >= 15 is 0 Å². The summed E-state index contributed by atoms with van der Waals surface area (Å²) in [5.41, 5.74) is 4.66. The Bertz CT molecular complexity index is 1370. The minimum absolute atomic E-state index is 0.00769. The molecule has 1 saturated carbocycles. The van der Waals surface area contributed by atoms with Crippen molar-refractivity contribution < 1.29 is 9.47 Å². The van der Waals surface area contributed by atoms with Crippen LogP contribution < -0.4 is 10.4 Å². The van der Waals surface area contributed by atoms with Gasteiger partial charge in [-0.05, 0) is 57.1 Å². The molecule has 0 atom stereocenters. The van der Waals surface area contributed by atoms with Gasteiger partial charge in [0, 0.05) is 50.0 Å². The number of pyridine rings is 2. The van der Waals surface area contributed by atoms with Gasteiger partial charge in [0.05, 0.1) is 35.5 Å². The Balaban J connectivity index is 1.48. The van der Waals surface area contributed by atoms with E-state index in [0.29, 0.717) is 12.5 Å². The van der Waals surface area contributed by atoms with Crippen molar-refractivity contribution in [2.24, 2.45) is 7.05 Å². The second-order valence-corrected chi connectivity index (χ2v) is 9.31. The highest BCUT2D eigenvalue weighted by molar-refractivity contribution is 6.04. The van der Waals surface area contributed by atoms with Crippen molar-refractivity contribution in [2.45, 2.75) is 31.4 Å². The molecule has 0 amide bonds. The van der Waals surface area contributed by atoms with Crippen molar-refractivity contribution in [3.63, 3.8) is 0 Å². The molecule has 178 valence electrons. The first-order valence-electron chi connectivity index (χ1n) is 11.7. The van der Waals surface area contributed by atoms with E-state index in [1.165, 1.54) is 0 Å². The number of nitrogens with zero attached hydrogens (tertiary/aromatic N) is 5. The first-order valence-corrected chi connectivity index (χ1v) is 11.7. The van der Waals surface area contributed by atoms with Crippen LogP contribution in [-0.4, -0.2) is 64.5 Å². The topological polar surface area (TPSA) is 74.4 Å². The van der Waals surface area contributed by atoms with Gasteiger partial charge in [0.2, 0.25) is 5.88 Å². The van der Waals surface area contributed by atoms with E-state index in [0.717, 1.165) is 58.9 Å². The SMILES string of the molecule is COC1CC(n2c(=O)n(C)c3cnc4ccc(-c5ccc(OCCCN(C)C)nc5)cc4c32)C1. The van der Waals surface area contributed by atoms with E-state index in [4.69, 9.17) is 9.47 Å². The minimum Gasteiger partial charge on any atom is -0.478 e. The maximum absolute atomic E-state index is 13.1. The molecule has 1 aliphatic rings. The van der Waals surface area contributed by atoms with E-state index in [1.54, 1.807) is 17.9 Å². The van der Waals surface area contributed by atoms with Crippen LogP contribution in [0.15, 0.2) is 47.5 Å². The van der Waals surface area contributed by atoms with E-state index in [-0.39, 0.29) is 17.8 Å². The maximum atomic E-state index is 13.1. The van der Waals surface area contributed by atoms with E-state index in [9.17, 15) is 4.79 Å². The molecule has 8 heteroatoms. The summed E-state index contributed by atoms with van der Waals surface area (Å²) < 4.78 is 14.9. The summed E-state index contributed by atoms with van der Waals surface area (Å²) in [4.78, 5) is 24.4. The fourth-order valence-electron chi connectivity index (χ4n) is 4.68. The first-order chi connectivity index (χ1) is 16.5. The molecule has 0 aliphatic heterocycles. The van der Waals surface area contributed by atoms with Gasteiger partial charge in [-0.2, -0.15) is 0 Å². The fraction of sp³-hybridized carbons (Fsp3) is 0.423. The van der Waals surface area contributed by atoms with E-state index < -0.39 is 0 Å². The largest absolute Gasteiger partial charge is 0.478 e. The molecule has 0 saturated heterocycles. The number of hydrogen-bond acceptors (Lipinski definition) is 6. The number of fused-ring (bicyclic) bond motifs is 3. The van der Waals surface area contributed by atoms with Crippen LogP contribution in [0.2, 0.25) is 0 Å². The summed E-state index contributed by atoms with van der Waals surface area (Å²) in [6, 6.07) is 10.2. The zero-order valence-corrected chi connectivity index (χ0v) is 20.2. The molecule has 3 heterocycles. The van der Waals surface area contributed by atoms with Crippen LogP contribution in [0.5, 0.6) is 5.88 Å². The predicted molar refractivity (Wildman–Crippen MR) is 133 cm³/mol. The van der Waals surface area contributed by atoms with Gasteiger partial charge in [-0.1, -0.05) is 6.07 Å². The van der Waals surface area contributed by atoms with E-state index in [1.807, 2.05) is 42.1 Å². The summed E-state index contributed by atoms with van der Waals surface area (Å²) in [5.74, 6) is 0.627. The van der Waals surface area contributed by atoms with Crippen molar-refractivity contribution in [1.82, 2.24) is 24.0 Å². The standard InChI is InChI=1S/C26H31N5O3/c1-29(2)10-5-11-34-24-9-7-18(15-28-24)17-6-8-22-21(12-17)25-23(16-27-22)30(3)26(32)31(25)19-13-20(14-19)33-4/h6-9,12,15-16,19-20H,5,10-11,13-14H2,1-4H3. The van der Waals surface area contributed by atoms with Crippen LogP contribution in [0, 0.1) is 0 Å². The van der Waals surface area contributed by atoms with Gasteiger partial charge in [0.1, 0.15) is 0 Å². The smallest absolute Gasteiger partial charge is 0.329 e. The third-order valence-electron chi connectivity index (χ3n) is 6.75. The molecular formula is C26H31N5O3. The lowest BCUT2D eigenvalue weighted by Crippen LogP contribution is -2.37. The average Bonchev–Trinajstić information content (AvgIpc) is 3.07. The van der Waals surface area contributed by atoms with Gasteiger partial charge in [0.25, 0.3) is 0 Å². The minimum atomic E-state index is -0.00769. The summed E-state index contributed by atoms with van der Waals surface area (Å²) in [6.07, 6.45) is 6.49. The molecule has 1 fully saturated rings. The van der Waals surface area contributed by atoms with Crippen LogP contribution in [0.4, 0.5) is 0 Å². The van der Waals surface area contributed by atoms with Crippen molar-refractivity contribution in [3.8, 4) is 17.0 Å².